The van der Waals surface area contributed by atoms with Crippen molar-refractivity contribution < 1.29 is 0 Å². The van der Waals surface area contributed by atoms with Crippen LogP contribution in [0, 0.1) is 0 Å². The van der Waals surface area contributed by atoms with E-state index in [-0.39, 0.29) is 5.54 Å². The lowest BCUT2D eigenvalue weighted by Crippen LogP contribution is -2.45. The molecular formula is C12H19N5. The Morgan fingerprint density at radius 3 is 2.82 bits per heavy atom. The van der Waals surface area contributed by atoms with Gasteiger partial charge in [-0.3, -0.25) is 0 Å². The maximum Gasteiger partial charge on any atom is 0.152 e. The molecule has 0 fully saturated rings. The lowest BCUT2D eigenvalue weighted by atomic mass is 9.94. The molecule has 0 spiro atoms. The van der Waals surface area contributed by atoms with E-state index < -0.39 is 0 Å². The highest BCUT2D eigenvalue weighted by Crippen LogP contribution is 2.16. The van der Waals surface area contributed by atoms with E-state index in [1.165, 1.54) is 0 Å². The number of hydrogen-bond donors (Lipinski definition) is 2. The molecule has 0 aliphatic carbocycles. The van der Waals surface area contributed by atoms with Crippen LogP contribution in [0.1, 0.15) is 26.7 Å². The fourth-order valence-corrected chi connectivity index (χ4v) is 1.75. The van der Waals surface area contributed by atoms with Gasteiger partial charge in [-0.2, -0.15) is 5.10 Å². The first kappa shape index (κ1) is 11.9. The molecule has 0 bridgehead atoms. The maximum atomic E-state index is 6.25. The summed E-state index contributed by atoms with van der Waals surface area (Å²) in [5, 5.41) is 7.49. The van der Waals surface area contributed by atoms with Crippen molar-refractivity contribution in [2.45, 2.75) is 32.2 Å². The van der Waals surface area contributed by atoms with E-state index in [2.05, 4.69) is 29.2 Å². The molecule has 0 radical (unpaired) electrons. The standard InChI is InChI=1S/C12H19N5/c1-3-12(13,4-2)9-15-11-10-5-6-16-17(10)8-7-14-11/h5-8H,3-4,9,13H2,1-2H3,(H,14,15). The largest absolute Gasteiger partial charge is 0.366 e. The lowest BCUT2D eigenvalue weighted by Gasteiger charge is -2.27. The Hall–Kier alpha value is -1.62. The summed E-state index contributed by atoms with van der Waals surface area (Å²) >= 11 is 0. The van der Waals surface area contributed by atoms with Gasteiger partial charge in [-0.1, -0.05) is 13.8 Å². The number of hydrogen-bond acceptors (Lipinski definition) is 4. The minimum Gasteiger partial charge on any atom is -0.366 e. The summed E-state index contributed by atoms with van der Waals surface area (Å²) in [6.45, 7) is 4.94. The van der Waals surface area contributed by atoms with Crippen molar-refractivity contribution in [2.75, 3.05) is 11.9 Å². The van der Waals surface area contributed by atoms with Gasteiger partial charge in [-0.25, -0.2) is 9.50 Å². The van der Waals surface area contributed by atoms with Gasteiger partial charge < -0.3 is 11.1 Å². The van der Waals surface area contributed by atoms with Gasteiger partial charge in [0.25, 0.3) is 0 Å². The van der Waals surface area contributed by atoms with Crippen LogP contribution in [0.25, 0.3) is 5.52 Å². The van der Waals surface area contributed by atoms with Gasteiger partial charge >= 0.3 is 0 Å². The Kier molecular flexibility index (Phi) is 3.28. The average molecular weight is 233 g/mol. The predicted octanol–water partition coefficient (Wildman–Crippen LogP) is 1.66. The first-order valence-electron chi connectivity index (χ1n) is 5.99. The number of nitrogens with one attached hydrogen (secondary N) is 1. The van der Waals surface area contributed by atoms with Gasteiger partial charge in [0.15, 0.2) is 5.82 Å². The minimum absolute atomic E-state index is 0.172. The van der Waals surface area contributed by atoms with Crippen molar-refractivity contribution in [1.82, 2.24) is 14.6 Å². The molecule has 92 valence electrons. The Morgan fingerprint density at radius 2 is 2.12 bits per heavy atom. The van der Waals surface area contributed by atoms with Crippen LogP contribution in [0.3, 0.4) is 0 Å². The van der Waals surface area contributed by atoms with Gasteiger partial charge in [0, 0.05) is 24.5 Å². The zero-order chi connectivity index (χ0) is 12.3. The van der Waals surface area contributed by atoms with Crippen LogP contribution < -0.4 is 11.1 Å². The minimum atomic E-state index is -0.172. The van der Waals surface area contributed by atoms with Gasteiger partial charge in [-0.05, 0) is 18.9 Å². The molecule has 0 saturated carbocycles. The summed E-state index contributed by atoms with van der Waals surface area (Å²) in [6, 6.07) is 1.94. The second-order valence-electron chi connectivity index (χ2n) is 4.36. The Balaban J connectivity index is 2.16. The first-order valence-corrected chi connectivity index (χ1v) is 5.99. The van der Waals surface area contributed by atoms with Crippen LogP contribution in [-0.2, 0) is 0 Å². The van der Waals surface area contributed by atoms with E-state index in [9.17, 15) is 0 Å². The van der Waals surface area contributed by atoms with E-state index in [1.54, 1.807) is 16.9 Å². The van der Waals surface area contributed by atoms with E-state index in [4.69, 9.17) is 5.73 Å². The highest BCUT2D eigenvalue weighted by atomic mass is 15.2. The summed E-state index contributed by atoms with van der Waals surface area (Å²) in [7, 11) is 0. The molecule has 3 N–H and O–H groups in total. The van der Waals surface area contributed by atoms with Crippen molar-refractivity contribution in [1.29, 1.82) is 0 Å². The number of fused-ring (bicyclic) bond motifs is 1. The monoisotopic (exact) mass is 233 g/mol. The van der Waals surface area contributed by atoms with Gasteiger partial charge in [-0.15, -0.1) is 0 Å². The highest BCUT2D eigenvalue weighted by molar-refractivity contribution is 5.66. The van der Waals surface area contributed by atoms with Crippen molar-refractivity contribution in [3.8, 4) is 0 Å². The van der Waals surface area contributed by atoms with E-state index in [0.717, 1.165) is 30.7 Å². The zero-order valence-corrected chi connectivity index (χ0v) is 10.3. The van der Waals surface area contributed by atoms with Crippen molar-refractivity contribution >= 4 is 11.3 Å². The van der Waals surface area contributed by atoms with Crippen LogP contribution >= 0.6 is 0 Å². The molecule has 2 aromatic rings. The van der Waals surface area contributed by atoms with Crippen LogP contribution in [0.5, 0.6) is 0 Å². The van der Waals surface area contributed by atoms with Crippen LogP contribution in [-0.4, -0.2) is 26.7 Å². The molecule has 0 atom stereocenters. The Labute approximate surface area is 101 Å². The van der Waals surface area contributed by atoms with Gasteiger partial charge in [0.2, 0.25) is 0 Å². The molecule has 2 rings (SSSR count). The smallest absolute Gasteiger partial charge is 0.152 e. The molecule has 17 heavy (non-hydrogen) atoms. The first-order chi connectivity index (χ1) is 8.18. The number of aromatic nitrogens is 3. The predicted molar refractivity (Wildman–Crippen MR) is 69.0 cm³/mol. The average Bonchev–Trinajstić information content (AvgIpc) is 2.84. The molecule has 5 heteroatoms. The Morgan fingerprint density at radius 1 is 1.35 bits per heavy atom. The molecule has 0 aliphatic heterocycles. The molecule has 0 saturated heterocycles. The number of nitrogens with two attached hydrogens (primary N) is 1. The topological polar surface area (TPSA) is 68.2 Å². The van der Waals surface area contributed by atoms with Crippen LogP contribution in [0.2, 0.25) is 0 Å². The highest BCUT2D eigenvalue weighted by Gasteiger charge is 2.20. The fourth-order valence-electron chi connectivity index (χ4n) is 1.75. The van der Waals surface area contributed by atoms with Crippen molar-refractivity contribution in [2.24, 2.45) is 5.73 Å². The quantitative estimate of drug-likeness (QED) is 0.824. The SMILES string of the molecule is CCC(N)(CC)CNc1nccn2nccc12. The van der Waals surface area contributed by atoms with E-state index in [1.807, 2.05) is 12.3 Å². The number of anilines is 1. The molecule has 0 amide bonds. The summed E-state index contributed by atoms with van der Waals surface area (Å²) < 4.78 is 1.80. The third kappa shape index (κ3) is 2.39. The molecule has 0 aromatic carbocycles. The summed E-state index contributed by atoms with van der Waals surface area (Å²) in [5.74, 6) is 0.835. The summed E-state index contributed by atoms with van der Waals surface area (Å²) in [5.41, 5.74) is 7.05. The second kappa shape index (κ2) is 4.71. The summed E-state index contributed by atoms with van der Waals surface area (Å²) in [6.07, 6.45) is 7.21. The lowest BCUT2D eigenvalue weighted by molar-refractivity contribution is 0.418. The Bertz CT molecular complexity index is 486. The zero-order valence-electron chi connectivity index (χ0n) is 10.3. The molecule has 2 heterocycles. The van der Waals surface area contributed by atoms with E-state index >= 15 is 0 Å². The van der Waals surface area contributed by atoms with Crippen molar-refractivity contribution in [3.63, 3.8) is 0 Å². The van der Waals surface area contributed by atoms with Gasteiger partial charge in [0.05, 0.1) is 6.20 Å². The normalized spacial score (nSPS) is 11.9. The van der Waals surface area contributed by atoms with E-state index in [0.29, 0.717) is 0 Å². The molecule has 0 aliphatic rings. The fraction of sp³-hybridized carbons (Fsp3) is 0.500. The molecule has 0 unspecified atom stereocenters. The van der Waals surface area contributed by atoms with Crippen molar-refractivity contribution in [3.05, 3.63) is 24.7 Å². The van der Waals surface area contributed by atoms with Gasteiger partial charge in [0.1, 0.15) is 5.52 Å². The number of nitrogens with zero attached hydrogens (tertiary/aromatic N) is 3. The third-order valence-electron chi connectivity index (χ3n) is 3.34. The molecule has 5 nitrogen and oxygen atoms in total. The van der Waals surface area contributed by atoms with Crippen LogP contribution in [0.4, 0.5) is 5.82 Å². The number of rotatable bonds is 5. The third-order valence-corrected chi connectivity index (χ3v) is 3.34. The molecular weight excluding hydrogens is 214 g/mol. The summed E-state index contributed by atoms with van der Waals surface area (Å²) in [4.78, 5) is 4.32. The maximum absolute atomic E-state index is 6.25. The molecule has 2 aromatic heterocycles. The second-order valence-corrected chi connectivity index (χ2v) is 4.36. The van der Waals surface area contributed by atoms with Crippen LogP contribution in [0.15, 0.2) is 24.7 Å².